The Bertz CT molecular complexity index is 608. The van der Waals surface area contributed by atoms with Gasteiger partial charge in [0, 0.05) is 18.8 Å². The SMILES string of the molecule is CC(C)(C)C1CCN(S(=O)(=O)c2cc(N)ccc2Cl)C1. The van der Waals surface area contributed by atoms with Crippen molar-refractivity contribution in [1.82, 2.24) is 4.31 Å². The lowest BCUT2D eigenvalue weighted by molar-refractivity contribution is 0.252. The van der Waals surface area contributed by atoms with E-state index in [1.54, 1.807) is 6.07 Å². The van der Waals surface area contributed by atoms with E-state index < -0.39 is 10.0 Å². The van der Waals surface area contributed by atoms with Crippen molar-refractivity contribution in [2.24, 2.45) is 11.3 Å². The summed E-state index contributed by atoms with van der Waals surface area (Å²) in [5, 5.41) is 0.221. The van der Waals surface area contributed by atoms with Crippen molar-refractivity contribution in [2.75, 3.05) is 18.8 Å². The molecule has 2 N–H and O–H groups in total. The number of rotatable bonds is 2. The molecule has 1 atom stereocenters. The molecule has 1 fully saturated rings. The fourth-order valence-electron chi connectivity index (χ4n) is 2.51. The van der Waals surface area contributed by atoms with Crippen LogP contribution in [0.3, 0.4) is 0 Å². The van der Waals surface area contributed by atoms with Gasteiger partial charge in [0.25, 0.3) is 0 Å². The van der Waals surface area contributed by atoms with Gasteiger partial charge in [0.1, 0.15) is 4.90 Å². The first-order valence-corrected chi connectivity index (χ1v) is 8.49. The summed E-state index contributed by atoms with van der Waals surface area (Å²) in [6.45, 7) is 7.50. The van der Waals surface area contributed by atoms with Crippen LogP contribution >= 0.6 is 11.6 Å². The third-order valence-electron chi connectivity index (χ3n) is 3.95. The van der Waals surface area contributed by atoms with Gasteiger partial charge in [-0.2, -0.15) is 4.31 Å². The number of nitrogen functional groups attached to an aromatic ring is 1. The quantitative estimate of drug-likeness (QED) is 0.853. The molecule has 1 aromatic rings. The Hall–Kier alpha value is -0.780. The summed E-state index contributed by atoms with van der Waals surface area (Å²) in [4.78, 5) is 0.105. The summed E-state index contributed by atoms with van der Waals surface area (Å²) in [7, 11) is -3.56. The number of halogens is 1. The minimum Gasteiger partial charge on any atom is -0.399 e. The first-order valence-electron chi connectivity index (χ1n) is 6.67. The van der Waals surface area contributed by atoms with Gasteiger partial charge in [0.2, 0.25) is 10.0 Å². The van der Waals surface area contributed by atoms with Crippen LogP contribution < -0.4 is 5.73 Å². The van der Waals surface area contributed by atoms with Gasteiger partial charge in [0.05, 0.1) is 5.02 Å². The highest BCUT2D eigenvalue weighted by Gasteiger charge is 2.38. The molecule has 0 bridgehead atoms. The molecule has 1 aliphatic rings. The Kier molecular flexibility index (Phi) is 4.06. The van der Waals surface area contributed by atoms with E-state index in [2.05, 4.69) is 20.8 Å². The minimum absolute atomic E-state index is 0.101. The van der Waals surface area contributed by atoms with Crippen LogP contribution in [0, 0.1) is 11.3 Å². The van der Waals surface area contributed by atoms with E-state index in [0.29, 0.717) is 24.7 Å². The van der Waals surface area contributed by atoms with Crippen molar-refractivity contribution < 1.29 is 8.42 Å². The van der Waals surface area contributed by atoms with Gasteiger partial charge in [0.15, 0.2) is 0 Å². The molecule has 1 aliphatic heterocycles. The summed E-state index contributed by atoms with van der Waals surface area (Å²) < 4.78 is 26.8. The van der Waals surface area contributed by atoms with Crippen LogP contribution in [-0.2, 0) is 10.0 Å². The van der Waals surface area contributed by atoms with Gasteiger partial charge in [-0.05, 0) is 36.0 Å². The number of anilines is 1. The van der Waals surface area contributed by atoms with Crippen LogP contribution in [-0.4, -0.2) is 25.8 Å². The molecule has 1 saturated heterocycles. The fourth-order valence-corrected chi connectivity index (χ4v) is 4.52. The molecule has 2 rings (SSSR count). The van der Waals surface area contributed by atoms with Crippen LogP contribution in [0.5, 0.6) is 0 Å². The molecule has 1 unspecified atom stereocenters. The predicted molar refractivity (Wildman–Crippen MR) is 82.2 cm³/mol. The number of benzene rings is 1. The predicted octanol–water partition coefficient (Wildman–Crippen LogP) is 2.98. The number of hydrogen-bond donors (Lipinski definition) is 1. The lowest BCUT2D eigenvalue weighted by atomic mass is 9.80. The highest BCUT2D eigenvalue weighted by atomic mass is 35.5. The van der Waals surface area contributed by atoms with Crippen LogP contribution in [0.1, 0.15) is 27.2 Å². The van der Waals surface area contributed by atoms with E-state index in [1.165, 1.54) is 16.4 Å². The molecule has 1 heterocycles. The highest BCUT2D eigenvalue weighted by molar-refractivity contribution is 7.89. The van der Waals surface area contributed by atoms with Crippen molar-refractivity contribution >= 4 is 27.3 Å². The molecule has 0 radical (unpaired) electrons. The molecular formula is C14H21ClN2O2S. The Morgan fingerprint density at radius 1 is 1.35 bits per heavy atom. The Balaban J connectivity index is 2.31. The van der Waals surface area contributed by atoms with E-state index >= 15 is 0 Å². The third-order valence-corrected chi connectivity index (χ3v) is 6.30. The second-order valence-corrected chi connectivity index (χ2v) is 8.72. The summed E-state index contributed by atoms with van der Waals surface area (Å²) in [6.07, 6.45) is 0.878. The second kappa shape index (κ2) is 5.20. The maximum Gasteiger partial charge on any atom is 0.244 e. The molecule has 112 valence electrons. The normalized spacial score (nSPS) is 21.3. The fraction of sp³-hybridized carbons (Fsp3) is 0.571. The van der Waals surface area contributed by atoms with Crippen molar-refractivity contribution in [2.45, 2.75) is 32.1 Å². The molecular weight excluding hydrogens is 296 g/mol. The maximum absolute atomic E-state index is 12.7. The average molecular weight is 317 g/mol. The minimum atomic E-state index is -3.56. The van der Waals surface area contributed by atoms with E-state index in [0.717, 1.165) is 6.42 Å². The monoisotopic (exact) mass is 316 g/mol. The molecule has 4 nitrogen and oxygen atoms in total. The van der Waals surface area contributed by atoms with Crippen LogP contribution in [0.4, 0.5) is 5.69 Å². The van der Waals surface area contributed by atoms with Gasteiger partial charge in [-0.25, -0.2) is 8.42 Å². The Labute approximate surface area is 126 Å². The largest absolute Gasteiger partial charge is 0.399 e. The molecule has 0 saturated carbocycles. The lowest BCUT2D eigenvalue weighted by Crippen LogP contribution is -2.31. The number of sulfonamides is 1. The molecule has 20 heavy (non-hydrogen) atoms. The van der Waals surface area contributed by atoms with E-state index in [9.17, 15) is 8.42 Å². The smallest absolute Gasteiger partial charge is 0.244 e. The number of hydrogen-bond acceptors (Lipinski definition) is 3. The standard InChI is InChI=1S/C14H21ClN2O2S/c1-14(2,3)10-6-7-17(9-10)20(18,19)13-8-11(16)4-5-12(13)15/h4-5,8,10H,6-7,9,16H2,1-3H3. The maximum atomic E-state index is 12.7. The van der Waals surface area contributed by atoms with E-state index in [4.69, 9.17) is 17.3 Å². The average Bonchev–Trinajstić information content (AvgIpc) is 2.82. The summed E-state index contributed by atoms with van der Waals surface area (Å²) in [6, 6.07) is 4.56. The highest BCUT2D eigenvalue weighted by Crippen LogP contribution is 2.37. The van der Waals surface area contributed by atoms with Gasteiger partial charge >= 0.3 is 0 Å². The van der Waals surface area contributed by atoms with Gasteiger partial charge in [-0.3, -0.25) is 0 Å². The summed E-state index contributed by atoms with van der Waals surface area (Å²) >= 11 is 6.02. The zero-order valence-corrected chi connectivity index (χ0v) is 13.6. The van der Waals surface area contributed by atoms with E-state index in [1.807, 2.05) is 0 Å². The van der Waals surface area contributed by atoms with E-state index in [-0.39, 0.29) is 15.3 Å². The molecule has 0 amide bonds. The third kappa shape index (κ3) is 2.95. The first kappa shape index (κ1) is 15.6. The zero-order chi connectivity index (χ0) is 15.1. The van der Waals surface area contributed by atoms with Crippen molar-refractivity contribution in [3.63, 3.8) is 0 Å². The van der Waals surface area contributed by atoms with Crippen molar-refractivity contribution in [1.29, 1.82) is 0 Å². The van der Waals surface area contributed by atoms with Crippen LogP contribution in [0.25, 0.3) is 0 Å². The zero-order valence-electron chi connectivity index (χ0n) is 12.1. The summed E-state index contributed by atoms with van der Waals surface area (Å²) in [5.41, 5.74) is 6.18. The Morgan fingerprint density at radius 3 is 2.55 bits per heavy atom. The molecule has 0 aromatic heterocycles. The second-order valence-electron chi connectivity index (χ2n) is 6.40. The molecule has 6 heteroatoms. The topological polar surface area (TPSA) is 63.4 Å². The van der Waals surface area contributed by atoms with Gasteiger partial charge in [-0.1, -0.05) is 32.4 Å². The lowest BCUT2D eigenvalue weighted by Gasteiger charge is -2.27. The summed E-state index contributed by atoms with van der Waals surface area (Å²) in [5.74, 6) is 0.358. The Morgan fingerprint density at radius 2 is 2.00 bits per heavy atom. The number of nitrogens with zero attached hydrogens (tertiary/aromatic N) is 1. The molecule has 0 aliphatic carbocycles. The van der Waals surface area contributed by atoms with Gasteiger partial charge in [-0.15, -0.1) is 0 Å². The number of nitrogens with two attached hydrogens (primary N) is 1. The van der Waals surface area contributed by atoms with Crippen LogP contribution in [0.2, 0.25) is 5.02 Å². The van der Waals surface area contributed by atoms with Gasteiger partial charge < -0.3 is 5.73 Å². The first-order chi connectivity index (χ1) is 9.12. The van der Waals surface area contributed by atoms with Crippen molar-refractivity contribution in [3.05, 3.63) is 23.2 Å². The van der Waals surface area contributed by atoms with Crippen molar-refractivity contribution in [3.8, 4) is 0 Å². The van der Waals surface area contributed by atoms with Crippen LogP contribution in [0.15, 0.2) is 23.1 Å². The molecule has 1 aromatic carbocycles. The molecule has 0 spiro atoms.